The highest BCUT2D eigenvalue weighted by molar-refractivity contribution is 6.05. The Kier molecular flexibility index (Phi) is 5.78. The minimum absolute atomic E-state index is 0.0152. The first kappa shape index (κ1) is 21.1. The molecule has 0 aliphatic carbocycles. The number of rotatable bonds is 4. The van der Waals surface area contributed by atoms with Crippen LogP contribution in [0.25, 0.3) is 21.9 Å². The minimum atomic E-state index is 0.0152. The van der Waals surface area contributed by atoms with Crippen LogP contribution in [0.4, 0.5) is 0 Å². The van der Waals surface area contributed by atoms with Gasteiger partial charge in [0.1, 0.15) is 11.4 Å². The van der Waals surface area contributed by atoms with Crippen LogP contribution in [0.1, 0.15) is 40.6 Å². The first-order valence-electron chi connectivity index (χ1n) is 11.4. The molecule has 33 heavy (non-hydrogen) atoms. The first-order valence-corrected chi connectivity index (χ1v) is 11.4. The molecule has 0 radical (unpaired) electrons. The normalized spacial score (nSPS) is 14.4. The van der Waals surface area contributed by atoms with Gasteiger partial charge in [0, 0.05) is 42.0 Å². The molecule has 1 aliphatic heterocycles. The number of hydrogen-bond acceptors (Lipinski definition) is 4. The summed E-state index contributed by atoms with van der Waals surface area (Å²) in [5.74, 6) is 1.20. The largest absolute Gasteiger partial charge is 0.497 e. The maximum atomic E-state index is 13.2. The molecule has 0 unspecified atom stereocenters. The zero-order chi connectivity index (χ0) is 22.8. The first-order chi connectivity index (χ1) is 16.1. The van der Waals surface area contributed by atoms with Crippen LogP contribution in [0, 0.1) is 6.92 Å². The van der Waals surface area contributed by atoms with Crippen LogP contribution in [0.5, 0.6) is 5.75 Å². The molecule has 3 heterocycles. The standard InChI is InChI=1S/C28H27N3O2/c1-19-17-23(20-7-9-24(33-2)10-8-20)18-26(30-19)22-12-15-31(16-13-22)28(32)27-25-6-4-3-5-21(25)11-14-29-27/h3-11,14,17-18,22H,12-13,15-16H2,1-2H3. The van der Waals surface area contributed by atoms with E-state index in [0.29, 0.717) is 24.7 Å². The Labute approximate surface area is 194 Å². The van der Waals surface area contributed by atoms with Crippen LogP contribution >= 0.6 is 0 Å². The number of carbonyl (C=O) groups excluding carboxylic acids is 1. The Bertz CT molecular complexity index is 1290. The fourth-order valence-electron chi connectivity index (χ4n) is 4.67. The monoisotopic (exact) mass is 437 g/mol. The van der Waals surface area contributed by atoms with Crippen molar-refractivity contribution in [1.29, 1.82) is 0 Å². The van der Waals surface area contributed by atoms with Crippen LogP contribution in [-0.2, 0) is 0 Å². The molecule has 0 N–H and O–H groups in total. The molecule has 4 aromatic rings. The topological polar surface area (TPSA) is 55.3 Å². The Morgan fingerprint density at radius 3 is 2.48 bits per heavy atom. The number of carbonyl (C=O) groups is 1. The molecule has 0 saturated carbocycles. The smallest absolute Gasteiger partial charge is 0.273 e. The van der Waals surface area contributed by atoms with Crippen molar-refractivity contribution in [2.24, 2.45) is 0 Å². The summed E-state index contributed by atoms with van der Waals surface area (Å²) in [4.78, 5) is 24.4. The van der Waals surface area contributed by atoms with Gasteiger partial charge in [0.2, 0.25) is 0 Å². The summed E-state index contributed by atoms with van der Waals surface area (Å²) in [6.07, 6.45) is 3.52. The van der Waals surface area contributed by atoms with Gasteiger partial charge >= 0.3 is 0 Å². The summed E-state index contributed by atoms with van der Waals surface area (Å²) in [5.41, 5.74) is 4.98. The molecule has 1 amide bonds. The van der Waals surface area contributed by atoms with Gasteiger partial charge < -0.3 is 9.64 Å². The van der Waals surface area contributed by atoms with Gasteiger partial charge in [-0.1, -0.05) is 36.4 Å². The molecule has 0 spiro atoms. The van der Waals surface area contributed by atoms with Crippen LogP contribution in [0.15, 0.2) is 72.9 Å². The van der Waals surface area contributed by atoms with E-state index < -0.39 is 0 Å². The van der Waals surface area contributed by atoms with Crippen molar-refractivity contribution in [2.75, 3.05) is 20.2 Å². The summed E-state index contributed by atoms with van der Waals surface area (Å²) < 4.78 is 5.28. The highest BCUT2D eigenvalue weighted by Crippen LogP contribution is 2.32. The van der Waals surface area contributed by atoms with Gasteiger partial charge in [-0.15, -0.1) is 0 Å². The second-order valence-electron chi connectivity index (χ2n) is 8.60. The fourth-order valence-corrected chi connectivity index (χ4v) is 4.67. The van der Waals surface area contributed by atoms with Crippen LogP contribution < -0.4 is 4.74 Å². The molecule has 0 atom stereocenters. The third kappa shape index (κ3) is 4.31. The Balaban J connectivity index is 1.32. The molecule has 166 valence electrons. The number of pyridine rings is 2. The molecular weight excluding hydrogens is 410 g/mol. The number of likely N-dealkylation sites (tertiary alicyclic amines) is 1. The van der Waals surface area contributed by atoms with Crippen molar-refractivity contribution >= 4 is 16.7 Å². The quantitative estimate of drug-likeness (QED) is 0.415. The number of methoxy groups -OCH3 is 1. The molecule has 2 aromatic heterocycles. The summed E-state index contributed by atoms with van der Waals surface area (Å²) in [6.45, 7) is 3.46. The van der Waals surface area contributed by atoms with Crippen molar-refractivity contribution < 1.29 is 9.53 Å². The summed E-state index contributed by atoms with van der Waals surface area (Å²) in [5, 5.41) is 1.96. The second kappa shape index (κ2) is 9.02. The zero-order valence-corrected chi connectivity index (χ0v) is 19.0. The lowest BCUT2D eigenvalue weighted by Crippen LogP contribution is -2.38. The lowest BCUT2D eigenvalue weighted by molar-refractivity contribution is 0.0708. The van der Waals surface area contributed by atoms with E-state index in [-0.39, 0.29) is 5.91 Å². The molecule has 1 fully saturated rings. The summed E-state index contributed by atoms with van der Waals surface area (Å²) in [7, 11) is 1.68. The van der Waals surface area contributed by atoms with Gasteiger partial charge in [-0.05, 0) is 66.6 Å². The molecule has 2 aromatic carbocycles. The zero-order valence-electron chi connectivity index (χ0n) is 19.0. The van der Waals surface area contributed by atoms with Crippen LogP contribution in [0.3, 0.4) is 0 Å². The van der Waals surface area contributed by atoms with E-state index in [0.717, 1.165) is 46.3 Å². The van der Waals surface area contributed by atoms with E-state index in [1.54, 1.807) is 13.3 Å². The SMILES string of the molecule is COc1ccc(-c2cc(C)nc(C3CCN(C(=O)c4nccc5ccccc45)CC3)c2)cc1. The summed E-state index contributed by atoms with van der Waals surface area (Å²) >= 11 is 0. The fraction of sp³-hybridized carbons (Fsp3) is 0.250. The van der Waals surface area contributed by atoms with Gasteiger partial charge in [0.25, 0.3) is 5.91 Å². The predicted octanol–water partition coefficient (Wildman–Crippen LogP) is 5.63. The Morgan fingerprint density at radius 2 is 1.73 bits per heavy atom. The Hall–Kier alpha value is -3.73. The number of hydrogen-bond donors (Lipinski definition) is 0. The molecule has 5 rings (SSSR count). The van der Waals surface area contributed by atoms with Crippen LogP contribution in [0.2, 0.25) is 0 Å². The van der Waals surface area contributed by atoms with Gasteiger partial charge in [-0.25, -0.2) is 0 Å². The average molecular weight is 438 g/mol. The van der Waals surface area contributed by atoms with Gasteiger partial charge in [-0.3, -0.25) is 14.8 Å². The number of aryl methyl sites for hydroxylation is 1. The third-order valence-corrected chi connectivity index (χ3v) is 6.47. The number of piperidine rings is 1. The van der Waals surface area contributed by atoms with E-state index in [1.165, 1.54) is 5.56 Å². The maximum Gasteiger partial charge on any atom is 0.273 e. The molecule has 5 nitrogen and oxygen atoms in total. The van der Waals surface area contributed by atoms with E-state index >= 15 is 0 Å². The van der Waals surface area contributed by atoms with Crippen molar-refractivity contribution in [3.63, 3.8) is 0 Å². The van der Waals surface area contributed by atoms with Crippen molar-refractivity contribution in [1.82, 2.24) is 14.9 Å². The van der Waals surface area contributed by atoms with Gasteiger partial charge in [-0.2, -0.15) is 0 Å². The molecule has 0 bridgehead atoms. The maximum absolute atomic E-state index is 13.2. The number of ether oxygens (including phenoxy) is 1. The molecule has 1 saturated heterocycles. The number of aromatic nitrogens is 2. The van der Waals surface area contributed by atoms with E-state index in [4.69, 9.17) is 9.72 Å². The third-order valence-electron chi connectivity index (χ3n) is 6.47. The molecule has 1 aliphatic rings. The van der Waals surface area contributed by atoms with E-state index in [9.17, 15) is 4.79 Å². The van der Waals surface area contributed by atoms with Gasteiger partial charge in [0.15, 0.2) is 0 Å². The predicted molar refractivity (Wildman–Crippen MR) is 131 cm³/mol. The highest BCUT2D eigenvalue weighted by atomic mass is 16.5. The average Bonchev–Trinajstić information content (AvgIpc) is 2.87. The van der Waals surface area contributed by atoms with Crippen molar-refractivity contribution in [3.8, 4) is 16.9 Å². The van der Waals surface area contributed by atoms with E-state index in [2.05, 4.69) is 29.2 Å². The van der Waals surface area contributed by atoms with Crippen molar-refractivity contribution in [3.05, 3.63) is 90.0 Å². The van der Waals surface area contributed by atoms with Gasteiger partial charge in [0.05, 0.1) is 7.11 Å². The Morgan fingerprint density at radius 1 is 0.970 bits per heavy atom. The van der Waals surface area contributed by atoms with Crippen LogP contribution in [-0.4, -0.2) is 41.0 Å². The lowest BCUT2D eigenvalue weighted by Gasteiger charge is -2.32. The lowest BCUT2D eigenvalue weighted by atomic mass is 9.91. The van der Waals surface area contributed by atoms with Crippen molar-refractivity contribution in [2.45, 2.75) is 25.7 Å². The molecular formula is C28H27N3O2. The highest BCUT2D eigenvalue weighted by Gasteiger charge is 2.27. The second-order valence-corrected chi connectivity index (χ2v) is 8.60. The number of nitrogens with zero attached hydrogens (tertiary/aromatic N) is 3. The molecule has 5 heteroatoms. The number of amides is 1. The summed E-state index contributed by atoms with van der Waals surface area (Å²) in [6, 6.07) is 22.3. The minimum Gasteiger partial charge on any atom is -0.497 e. The van der Waals surface area contributed by atoms with E-state index in [1.807, 2.05) is 54.3 Å². The number of fused-ring (bicyclic) bond motifs is 1. The number of benzene rings is 2.